The van der Waals surface area contributed by atoms with E-state index in [0.717, 1.165) is 37.4 Å². The molecule has 2 nitrogen and oxygen atoms in total. The molecule has 0 amide bonds. The Kier molecular flexibility index (Phi) is 6.11. The third-order valence-electron chi connectivity index (χ3n) is 4.19. The Balaban J connectivity index is 1.62. The normalized spacial score (nSPS) is 10.4. The summed E-state index contributed by atoms with van der Waals surface area (Å²) in [6.07, 6.45) is 2.22. The summed E-state index contributed by atoms with van der Waals surface area (Å²) >= 11 is 0. The molecule has 2 heteroatoms. The zero-order valence-electron chi connectivity index (χ0n) is 14.7. The summed E-state index contributed by atoms with van der Waals surface area (Å²) in [5, 5.41) is 3.49. The molecule has 0 aliphatic rings. The van der Waals surface area contributed by atoms with Gasteiger partial charge < -0.3 is 10.1 Å². The molecule has 0 aromatic heterocycles. The van der Waals surface area contributed by atoms with Crippen molar-refractivity contribution in [1.82, 2.24) is 0 Å². The van der Waals surface area contributed by atoms with Crippen LogP contribution in [0.2, 0.25) is 0 Å². The number of hydrogen-bond donors (Lipinski definition) is 1. The minimum Gasteiger partial charge on any atom is -0.491 e. The number of para-hydroxylation sites is 2. The van der Waals surface area contributed by atoms with Crippen molar-refractivity contribution in [2.45, 2.75) is 26.3 Å². The molecule has 0 saturated heterocycles. The van der Waals surface area contributed by atoms with Gasteiger partial charge in [0.25, 0.3) is 0 Å². The summed E-state index contributed by atoms with van der Waals surface area (Å²) in [6, 6.07) is 27.3. The summed E-state index contributed by atoms with van der Waals surface area (Å²) in [4.78, 5) is 0. The molecule has 0 radical (unpaired) electrons. The van der Waals surface area contributed by atoms with Crippen LogP contribution < -0.4 is 10.1 Å². The number of nitrogens with one attached hydrogen (secondary N) is 1. The lowest BCUT2D eigenvalue weighted by Crippen LogP contribution is -2.03. The average Bonchev–Trinajstić information content (AvgIpc) is 2.68. The van der Waals surface area contributed by atoms with Crippen LogP contribution in [0, 0.1) is 0 Å². The molecule has 0 fully saturated rings. The van der Waals surface area contributed by atoms with E-state index in [2.05, 4.69) is 66.8 Å². The number of ether oxygens (including phenoxy) is 1. The van der Waals surface area contributed by atoms with Gasteiger partial charge in [-0.2, -0.15) is 0 Å². The van der Waals surface area contributed by atoms with E-state index in [9.17, 15) is 0 Å². The fraction of sp³-hybridized carbons (Fsp3) is 0.217. The molecule has 0 bridgehead atoms. The maximum absolute atomic E-state index is 5.88. The second-order valence-electron chi connectivity index (χ2n) is 6.11. The van der Waals surface area contributed by atoms with Gasteiger partial charge in [-0.05, 0) is 35.2 Å². The van der Waals surface area contributed by atoms with Crippen LogP contribution in [-0.2, 0) is 6.54 Å². The SMILES string of the molecule is CCCCOc1ccccc1NCc1ccc(-c2ccccc2)cc1. The first-order chi connectivity index (χ1) is 12.4. The second-order valence-corrected chi connectivity index (χ2v) is 6.11. The maximum Gasteiger partial charge on any atom is 0.142 e. The van der Waals surface area contributed by atoms with E-state index in [0.29, 0.717) is 0 Å². The number of benzene rings is 3. The molecule has 3 rings (SSSR count). The van der Waals surface area contributed by atoms with Gasteiger partial charge in [-0.25, -0.2) is 0 Å². The highest BCUT2D eigenvalue weighted by Crippen LogP contribution is 2.25. The predicted molar refractivity (Wildman–Crippen MR) is 106 cm³/mol. The van der Waals surface area contributed by atoms with E-state index in [1.54, 1.807) is 0 Å². The second kappa shape index (κ2) is 8.93. The van der Waals surface area contributed by atoms with Crippen LogP contribution in [0.4, 0.5) is 5.69 Å². The van der Waals surface area contributed by atoms with E-state index < -0.39 is 0 Å². The third kappa shape index (κ3) is 4.87. The molecule has 0 unspecified atom stereocenters. The monoisotopic (exact) mass is 331 g/mol. The van der Waals surface area contributed by atoms with E-state index in [1.807, 2.05) is 24.3 Å². The Hall–Kier alpha value is -2.74. The summed E-state index contributed by atoms with van der Waals surface area (Å²) in [5.74, 6) is 0.928. The van der Waals surface area contributed by atoms with Crippen LogP contribution in [0.5, 0.6) is 5.75 Å². The minimum atomic E-state index is 0.765. The Morgan fingerprint density at radius 2 is 1.44 bits per heavy atom. The van der Waals surface area contributed by atoms with E-state index in [-0.39, 0.29) is 0 Å². The van der Waals surface area contributed by atoms with Gasteiger partial charge in [0.2, 0.25) is 0 Å². The average molecular weight is 331 g/mol. The molecule has 0 spiro atoms. The summed E-state index contributed by atoms with van der Waals surface area (Å²) in [7, 11) is 0. The minimum absolute atomic E-state index is 0.765. The number of rotatable bonds is 8. The molecular weight excluding hydrogens is 306 g/mol. The predicted octanol–water partition coefficient (Wildman–Crippen LogP) is 6.14. The Morgan fingerprint density at radius 1 is 0.760 bits per heavy atom. The lowest BCUT2D eigenvalue weighted by molar-refractivity contribution is 0.310. The van der Waals surface area contributed by atoms with Crippen LogP contribution in [0.15, 0.2) is 78.9 Å². The summed E-state index contributed by atoms with van der Waals surface area (Å²) < 4.78 is 5.88. The van der Waals surface area contributed by atoms with Crippen LogP contribution in [0.1, 0.15) is 25.3 Å². The van der Waals surface area contributed by atoms with Crippen molar-refractivity contribution in [1.29, 1.82) is 0 Å². The fourth-order valence-corrected chi connectivity index (χ4v) is 2.71. The highest BCUT2D eigenvalue weighted by Gasteiger charge is 2.03. The van der Waals surface area contributed by atoms with Gasteiger partial charge in [-0.15, -0.1) is 0 Å². The van der Waals surface area contributed by atoms with Gasteiger partial charge >= 0.3 is 0 Å². The van der Waals surface area contributed by atoms with Crippen LogP contribution in [0.3, 0.4) is 0 Å². The molecule has 0 atom stereocenters. The first-order valence-electron chi connectivity index (χ1n) is 8.97. The highest BCUT2D eigenvalue weighted by atomic mass is 16.5. The zero-order chi connectivity index (χ0) is 17.3. The third-order valence-corrected chi connectivity index (χ3v) is 4.19. The molecule has 1 N–H and O–H groups in total. The summed E-state index contributed by atoms with van der Waals surface area (Å²) in [5.41, 5.74) is 4.79. The van der Waals surface area contributed by atoms with Crippen molar-refractivity contribution >= 4 is 5.69 Å². The first kappa shape index (κ1) is 17.1. The maximum atomic E-state index is 5.88. The van der Waals surface area contributed by atoms with Crippen molar-refractivity contribution in [2.75, 3.05) is 11.9 Å². The van der Waals surface area contributed by atoms with Crippen molar-refractivity contribution in [2.24, 2.45) is 0 Å². The van der Waals surface area contributed by atoms with Crippen molar-refractivity contribution < 1.29 is 4.74 Å². The number of hydrogen-bond acceptors (Lipinski definition) is 2. The van der Waals surface area contributed by atoms with Gasteiger partial charge in [-0.3, -0.25) is 0 Å². The molecule has 0 aliphatic carbocycles. The Morgan fingerprint density at radius 3 is 2.20 bits per heavy atom. The van der Waals surface area contributed by atoms with Gasteiger partial charge in [0, 0.05) is 6.54 Å². The lowest BCUT2D eigenvalue weighted by atomic mass is 10.0. The smallest absolute Gasteiger partial charge is 0.142 e. The molecule has 3 aromatic rings. The van der Waals surface area contributed by atoms with Gasteiger partial charge in [0.05, 0.1) is 12.3 Å². The highest BCUT2D eigenvalue weighted by molar-refractivity contribution is 5.63. The van der Waals surface area contributed by atoms with Crippen molar-refractivity contribution in [3.8, 4) is 16.9 Å². The molecule has 25 heavy (non-hydrogen) atoms. The van der Waals surface area contributed by atoms with Crippen LogP contribution >= 0.6 is 0 Å². The van der Waals surface area contributed by atoms with E-state index >= 15 is 0 Å². The first-order valence-corrected chi connectivity index (χ1v) is 8.97. The summed E-state index contributed by atoms with van der Waals surface area (Å²) in [6.45, 7) is 3.72. The van der Waals surface area contributed by atoms with E-state index in [1.165, 1.54) is 16.7 Å². The van der Waals surface area contributed by atoms with Crippen molar-refractivity contribution in [3.05, 3.63) is 84.4 Å². The molecule has 128 valence electrons. The van der Waals surface area contributed by atoms with Gasteiger partial charge in [0.15, 0.2) is 0 Å². The standard InChI is InChI=1S/C23H25NO/c1-2-3-17-25-23-12-8-7-11-22(23)24-18-19-13-15-21(16-14-19)20-9-5-4-6-10-20/h4-16,24H,2-3,17-18H2,1H3. The van der Waals surface area contributed by atoms with Crippen LogP contribution in [0.25, 0.3) is 11.1 Å². The van der Waals surface area contributed by atoms with Gasteiger partial charge in [0.1, 0.15) is 5.75 Å². The molecule has 3 aromatic carbocycles. The van der Waals surface area contributed by atoms with E-state index in [4.69, 9.17) is 4.74 Å². The van der Waals surface area contributed by atoms with Crippen molar-refractivity contribution in [3.63, 3.8) is 0 Å². The molecule has 0 saturated carbocycles. The zero-order valence-corrected chi connectivity index (χ0v) is 14.7. The Bertz CT molecular complexity index is 766. The molecular formula is C23H25NO. The number of unbranched alkanes of at least 4 members (excludes halogenated alkanes) is 1. The molecule has 0 aliphatic heterocycles. The molecule has 0 heterocycles. The van der Waals surface area contributed by atoms with Gasteiger partial charge in [-0.1, -0.05) is 80.1 Å². The topological polar surface area (TPSA) is 21.3 Å². The Labute approximate surface area is 150 Å². The number of anilines is 1. The quantitative estimate of drug-likeness (QED) is 0.500. The lowest BCUT2D eigenvalue weighted by Gasteiger charge is -2.13. The fourth-order valence-electron chi connectivity index (χ4n) is 2.71. The van der Waals surface area contributed by atoms with Crippen LogP contribution in [-0.4, -0.2) is 6.61 Å². The largest absolute Gasteiger partial charge is 0.491 e.